The second-order valence-electron chi connectivity index (χ2n) is 5.04. The lowest BCUT2D eigenvalue weighted by Gasteiger charge is -2.24. The Morgan fingerprint density at radius 2 is 1.47 bits per heavy atom. The normalized spacial score (nSPS) is 13.1. The Morgan fingerprint density at radius 3 is 1.80 bits per heavy atom. The average molecular weight is 236 g/mol. The van der Waals surface area contributed by atoms with Crippen LogP contribution in [0.2, 0.25) is 0 Å². The van der Waals surface area contributed by atoms with Crippen molar-refractivity contribution in [2.45, 2.75) is 47.0 Å². The maximum Gasteiger partial charge on any atom is 0.325 e. The van der Waals surface area contributed by atoms with E-state index in [2.05, 4.69) is 27.7 Å². The van der Waals surface area contributed by atoms with Crippen molar-refractivity contribution in [1.29, 1.82) is 0 Å². The molecule has 4 heteroatoms. The predicted molar refractivity (Wildman–Crippen MR) is 63.9 cm³/mol. The molecule has 15 heavy (non-hydrogen) atoms. The summed E-state index contributed by atoms with van der Waals surface area (Å²) in [6.07, 6.45) is 2.68. The average Bonchev–Trinajstić information content (AvgIpc) is 2.00. The standard InChI is InChI=1S/C11H25O3P/c1-9(2)11(10(3)4)7-5-6-8-15(12,13)14/h9-11H,5-8H2,1-4H3,(H2,12,13,14). The summed E-state index contributed by atoms with van der Waals surface area (Å²) in [5.41, 5.74) is 0. The third-order valence-corrected chi connectivity index (χ3v) is 3.85. The number of unbranched alkanes of at least 4 members (excludes halogenated alkanes) is 1. The maximum atomic E-state index is 10.6. The van der Waals surface area contributed by atoms with Crippen molar-refractivity contribution < 1.29 is 14.4 Å². The zero-order valence-electron chi connectivity index (χ0n) is 10.3. The van der Waals surface area contributed by atoms with E-state index < -0.39 is 7.60 Å². The van der Waals surface area contributed by atoms with Gasteiger partial charge in [-0.15, -0.1) is 0 Å². The Bertz CT molecular complexity index is 200. The molecule has 0 aliphatic carbocycles. The van der Waals surface area contributed by atoms with E-state index in [4.69, 9.17) is 9.79 Å². The van der Waals surface area contributed by atoms with E-state index in [1.54, 1.807) is 0 Å². The van der Waals surface area contributed by atoms with E-state index in [9.17, 15) is 4.57 Å². The van der Waals surface area contributed by atoms with Crippen LogP contribution >= 0.6 is 7.60 Å². The molecule has 2 N–H and O–H groups in total. The molecular formula is C11H25O3P. The third-order valence-electron chi connectivity index (χ3n) is 2.95. The third kappa shape index (κ3) is 8.01. The van der Waals surface area contributed by atoms with E-state index in [1.807, 2.05) is 0 Å². The second-order valence-corrected chi connectivity index (χ2v) is 6.81. The molecule has 0 aromatic carbocycles. The summed E-state index contributed by atoms with van der Waals surface area (Å²) in [5, 5.41) is 0. The van der Waals surface area contributed by atoms with Gasteiger partial charge in [0.1, 0.15) is 0 Å². The van der Waals surface area contributed by atoms with Gasteiger partial charge in [0.2, 0.25) is 0 Å². The summed E-state index contributed by atoms with van der Waals surface area (Å²) in [4.78, 5) is 17.4. The molecule has 0 aromatic rings. The van der Waals surface area contributed by atoms with Crippen LogP contribution in [0.1, 0.15) is 47.0 Å². The molecule has 0 aliphatic rings. The van der Waals surface area contributed by atoms with Crippen molar-refractivity contribution in [2.24, 2.45) is 17.8 Å². The largest absolute Gasteiger partial charge is 0.325 e. The second kappa shape index (κ2) is 6.67. The first-order chi connectivity index (χ1) is 6.74. The molecule has 0 aromatic heterocycles. The minimum absolute atomic E-state index is 0.0376. The zero-order valence-corrected chi connectivity index (χ0v) is 11.2. The molecule has 3 nitrogen and oxygen atoms in total. The highest BCUT2D eigenvalue weighted by molar-refractivity contribution is 7.51. The highest BCUT2D eigenvalue weighted by Gasteiger charge is 2.18. The van der Waals surface area contributed by atoms with Crippen LogP contribution in [0.3, 0.4) is 0 Å². The van der Waals surface area contributed by atoms with Crippen LogP contribution in [0.4, 0.5) is 0 Å². The summed E-state index contributed by atoms with van der Waals surface area (Å²) < 4.78 is 10.6. The van der Waals surface area contributed by atoms with Gasteiger partial charge >= 0.3 is 7.60 Å². The molecule has 0 saturated heterocycles. The number of rotatable bonds is 7. The molecule has 0 rings (SSSR count). The smallest absolute Gasteiger partial charge is 0.324 e. The Kier molecular flexibility index (Phi) is 6.74. The fraction of sp³-hybridized carbons (Fsp3) is 1.00. The Hall–Kier alpha value is 0.150. The molecule has 0 bridgehead atoms. The molecule has 0 heterocycles. The van der Waals surface area contributed by atoms with Crippen molar-refractivity contribution in [3.05, 3.63) is 0 Å². The fourth-order valence-electron chi connectivity index (χ4n) is 2.13. The van der Waals surface area contributed by atoms with Crippen molar-refractivity contribution in [3.8, 4) is 0 Å². The van der Waals surface area contributed by atoms with Gasteiger partial charge < -0.3 is 9.79 Å². The molecule has 0 amide bonds. The summed E-state index contributed by atoms with van der Waals surface area (Å²) in [6, 6.07) is 0. The van der Waals surface area contributed by atoms with E-state index >= 15 is 0 Å². The summed E-state index contributed by atoms with van der Waals surface area (Å²) >= 11 is 0. The predicted octanol–water partition coefficient (Wildman–Crippen LogP) is 3.26. The molecule has 0 radical (unpaired) electrons. The van der Waals surface area contributed by atoms with Gasteiger partial charge in [-0.1, -0.05) is 34.1 Å². The van der Waals surface area contributed by atoms with Crippen LogP contribution in [0.5, 0.6) is 0 Å². The molecule has 0 spiro atoms. The van der Waals surface area contributed by atoms with Crippen molar-refractivity contribution in [3.63, 3.8) is 0 Å². The zero-order chi connectivity index (χ0) is 12.1. The van der Waals surface area contributed by atoms with Gasteiger partial charge in [-0.2, -0.15) is 0 Å². The van der Waals surface area contributed by atoms with Gasteiger partial charge in [0.15, 0.2) is 0 Å². The molecule has 0 unspecified atom stereocenters. The monoisotopic (exact) mass is 236 g/mol. The Morgan fingerprint density at radius 1 is 1.00 bits per heavy atom. The lowest BCUT2D eigenvalue weighted by atomic mass is 9.82. The van der Waals surface area contributed by atoms with Gasteiger partial charge in [0.05, 0.1) is 0 Å². The number of hydrogen-bond donors (Lipinski definition) is 2. The maximum absolute atomic E-state index is 10.6. The van der Waals surface area contributed by atoms with E-state index in [-0.39, 0.29) is 6.16 Å². The summed E-state index contributed by atoms with van der Waals surface area (Å²) in [7, 11) is -3.77. The SMILES string of the molecule is CC(C)C(CCCCP(=O)(O)O)C(C)C. The molecular weight excluding hydrogens is 211 g/mol. The molecule has 0 atom stereocenters. The molecule has 0 fully saturated rings. The Labute approximate surface area is 93.4 Å². The van der Waals surface area contributed by atoms with Gasteiger partial charge in [-0.3, -0.25) is 4.57 Å². The lowest BCUT2D eigenvalue weighted by molar-refractivity contribution is 0.262. The van der Waals surface area contributed by atoms with E-state index in [1.165, 1.54) is 0 Å². The van der Waals surface area contributed by atoms with Crippen LogP contribution in [0, 0.1) is 17.8 Å². The minimum Gasteiger partial charge on any atom is -0.324 e. The van der Waals surface area contributed by atoms with Crippen LogP contribution in [0.25, 0.3) is 0 Å². The van der Waals surface area contributed by atoms with Crippen molar-refractivity contribution in [2.75, 3.05) is 6.16 Å². The highest BCUT2D eigenvalue weighted by Crippen LogP contribution is 2.36. The molecule has 0 saturated carbocycles. The van der Waals surface area contributed by atoms with Crippen molar-refractivity contribution in [1.82, 2.24) is 0 Å². The van der Waals surface area contributed by atoms with Gasteiger partial charge in [0, 0.05) is 6.16 Å². The topological polar surface area (TPSA) is 57.5 Å². The lowest BCUT2D eigenvalue weighted by Crippen LogP contribution is -2.15. The van der Waals surface area contributed by atoms with Crippen LogP contribution < -0.4 is 0 Å². The number of hydrogen-bond acceptors (Lipinski definition) is 1. The van der Waals surface area contributed by atoms with Gasteiger partial charge in [-0.05, 0) is 30.6 Å². The highest BCUT2D eigenvalue weighted by atomic mass is 31.2. The minimum atomic E-state index is -3.77. The first-order valence-corrected chi connectivity index (χ1v) is 7.58. The quantitative estimate of drug-likeness (QED) is 0.527. The Balaban J connectivity index is 3.78. The van der Waals surface area contributed by atoms with E-state index in [0.29, 0.717) is 24.2 Å². The van der Waals surface area contributed by atoms with Gasteiger partial charge in [-0.25, -0.2) is 0 Å². The summed E-state index contributed by atoms with van der Waals surface area (Å²) in [6.45, 7) is 8.86. The first-order valence-electron chi connectivity index (χ1n) is 5.78. The van der Waals surface area contributed by atoms with Gasteiger partial charge in [0.25, 0.3) is 0 Å². The fourth-order valence-corrected chi connectivity index (χ4v) is 2.77. The van der Waals surface area contributed by atoms with E-state index in [0.717, 1.165) is 12.8 Å². The molecule has 92 valence electrons. The van der Waals surface area contributed by atoms with Crippen LogP contribution in [-0.2, 0) is 4.57 Å². The van der Waals surface area contributed by atoms with Crippen LogP contribution in [0.15, 0.2) is 0 Å². The van der Waals surface area contributed by atoms with Crippen LogP contribution in [-0.4, -0.2) is 15.9 Å². The van der Waals surface area contributed by atoms with Crippen molar-refractivity contribution >= 4 is 7.60 Å². The molecule has 0 aliphatic heterocycles. The summed E-state index contributed by atoms with van der Waals surface area (Å²) in [5.74, 6) is 1.97. The first kappa shape index (κ1) is 15.2.